The zero-order valence-electron chi connectivity index (χ0n) is 6.02. The lowest BCUT2D eigenvalue weighted by Crippen LogP contribution is -1.84. The molecule has 0 radical (unpaired) electrons. The number of aromatic nitrogens is 2. The third kappa shape index (κ3) is 1.74. The van der Waals surface area contributed by atoms with E-state index in [0.29, 0.717) is 5.15 Å². The van der Waals surface area contributed by atoms with Gasteiger partial charge in [0.15, 0.2) is 0 Å². The molecule has 1 heterocycles. The Bertz CT molecular complexity index is 195. The molecule has 2 nitrogen and oxygen atoms in total. The normalized spacial score (nSPS) is 10.2. The average molecular weight is 159 g/mol. The summed E-state index contributed by atoms with van der Waals surface area (Å²) in [6, 6.07) is 0. The molecule has 10 heavy (non-hydrogen) atoms. The van der Waals surface area contributed by atoms with Gasteiger partial charge in [-0.15, -0.1) is 0 Å². The molecule has 0 fully saturated rings. The predicted octanol–water partition coefficient (Wildman–Crippen LogP) is 2.41. The van der Waals surface area contributed by atoms with Crippen LogP contribution in [0.5, 0.6) is 0 Å². The van der Waals surface area contributed by atoms with E-state index in [1.807, 2.05) is 0 Å². The summed E-state index contributed by atoms with van der Waals surface area (Å²) in [6.07, 6.45) is 5.00. The van der Waals surface area contributed by atoms with E-state index in [2.05, 4.69) is 16.9 Å². The first-order valence-electron chi connectivity index (χ1n) is 3.52. The molecule has 1 aromatic rings. The summed E-state index contributed by atoms with van der Waals surface area (Å²) < 4.78 is 0. The van der Waals surface area contributed by atoms with Crippen LogP contribution >= 0.6 is 11.6 Å². The average Bonchev–Trinajstić information content (AvgIpc) is 2.31. The number of hydrogen-bond acceptors (Lipinski definition) is 1. The van der Waals surface area contributed by atoms with Crippen molar-refractivity contribution in [1.82, 2.24) is 9.97 Å². The standard InChI is InChI=1S/C7H11ClN2/c1-2-3-4-6-7(8)10-5-9-6/h5H,2-4H2,1H3,(H,9,10). The molecule has 0 aliphatic carbocycles. The van der Waals surface area contributed by atoms with Crippen molar-refractivity contribution in [1.29, 1.82) is 0 Å². The van der Waals surface area contributed by atoms with Crippen LogP contribution in [0.2, 0.25) is 5.15 Å². The van der Waals surface area contributed by atoms with Gasteiger partial charge in [-0.05, 0) is 12.8 Å². The number of nitrogens with one attached hydrogen (secondary N) is 1. The number of unbranched alkanes of at least 4 members (excludes halogenated alkanes) is 1. The molecule has 3 heteroatoms. The number of aryl methyl sites for hydroxylation is 1. The van der Waals surface area contributed by atoms with Crippen molar-refractivity contribution < 1.29 is 0 Å². The van der Waals surface area contributed by atoms with Gasteiger partial charge in [0.25, 0.3) is 0 Å². The van der Waals surface area contributed by atoms with Crippen molar-refractivity contribution in [3.8, 4) is 0 Å². The Kier molecular flexibility index (Phi) is 2.75. The number of H-pyrrole nitrogens is 1. The van der Waals surface area contributed by atoms with Gasteiger partial charge in [-0.2, -0.15) is 0 Å². The van der Waals surface area contributed by atoms with Gasteiger partial charge < -0.3 is 4.98 Å². The number of aromatic amines is 1. The molecule has 0 spiro atoms. The fraction of sp³-hybridized carbons (Fsp3) is 0.571. The molecule has 1 aromatic heterocycles. The van der Waals surface area contributed by atoms with Crippen LogP contribution in [0.15, 0.2) is 6.33 Å². The maximum atomic E-state index is 5.73. The van der Waals surface area contributed by atoms with Gasteiger partial charge in [-0.25, -0.2) is 4.98 Å². The molecule has 0 saturated heterocycles. The summed E-state index contributed by atoms with van der Waals surface area (Å²) in [6.45, 7) is 2.16. The van der Waals surface area contributed by atoms with Gasteiger partial charge in [-0.3, -0.25) is 0 Å². The highest BCUT2D eigenvalue weighted by Crippen LogP contribution is 2.11. The Morgan fingerprint density at radius 3 is 3.00 bits per heavy atom. The van der Waals surface area contributed by atoms with E-state index in [4.69, 9.17) is 11.6 Å². The molecule has 1 rings (SSSR count). The van der Waals surface area contributed by atoms with Gasteiger partial charge >= 0.3 is 0 Å². The smallest absolute Gasteiger partial charge is 0.150 e. The Morgan fingerprint density at radius 2 is 2.50 bits per heavy atom. The summed E-state index contributed by atoms with van der Waals surface area (Å²) in [5.74, 6) is 0. The highest BCUT2D eigenvalue weighted by molar-refractivity contribution is 6.30. The Balaban J connectivity index is 2.49. The molecule has 0 saturated carbocycles. The first kappa shape index (κ1) is 7.61. The van der Waals surface area contributed by atoms with E-state index in [1.165, 1.54) is 12.8 Å². The molecular formula is C7H11ClN2. The van der Waals surface area contributed by atoms with Crippen LogP contribution in [0.25, 0.3) is 0 Å². The highest BCUT2D eigenvalue weighted by atomic mass is 35.5. The van der Waals surface area contributed by atoms with Crippen LogP contribution in [0.3, 0.4) is 0 Å². The van der Waals surface area contributed by atoms with Gasteiger partial charge in [0.1, 0.15) is 5.15 Å². The van der Waals surface area contributed by atoms with Crippen molar-refractivity contribution >= 4 is 11.6 Å². The van der Waals surface area contributed by atoms with Crippen LogP contribution in [0, 0.1) is 0 Å². The summed E-state index contributed by atoms with van der Waals surface area (Å²) in [5, 5.41) is 0.619. The molecule has 0 atom stereocenters. The van der Waals surface area contributed by atoms with Gasteiger partial charge in [0.05, 0.1) is 12.0 Å². The summed E-state index contributed by atoms with van der Waals surface area (Å²) in [5.41, 5.74) is 1.06. The van der Waals surface area contributed by atoms with Crippen molar-refractivity contribution in [2.24, 2.45) is 0 Å². The Hall–Kier alpha value is -0.500. The number of imidazole rings is 1. The lowest BCUT2D eigenvalue weighted by atomic mass is 10.2. The Morgan fingerprint density at radius 1 is 1.70 bits per heavy atom. The second-order valence-corrected chi connectivity index (χ2v) is 2.63. The second-order valence-electron chi connectivity index (χ2n) is 2.28. The minimum atomic E-state index is 0.619. The zero-order chi connectivity index (χ0) is 7.40. The van der Waals surface area contributed by atoms with Crippen LogP contribution in [-0.4, -0.2) is 9.97 Å². The van der Waals surface area contributed by atoms with Gasteiger partial charge in [0, 0.05) is 0 Å². The molecule has 0 bridgehead atoms. The summed E-state index contributed by atoms with van der Waals surface area (Å²) in [4.78, 5) is 6.88. The summed E-state index contributed by atoms with van der Waals surface area (Å²) >= 11 is 5.73. The zero-order valence-corrected chi connectivity index (χ0v) is 6.78. The van der Waals surface area contributed by atoms with Crippen molar-refractivity contribution in [3.05, 3.63) is 17.2 Å². The fourth-order valence-electron chi connectivity index (χ4n) is 0.833. The quantitative estimate of drug-likeness (QED) is 0.719. The van der Waals surface area contributed by atoms with Crippen LogP contribution in [-0.2, 0) is 6.42 Å². The molecular weight excluding hydrogens is 148 g/mol. The topological polar surface area (TPSA) is 28.7 Å². The maximum absolute atomic E-state index is 5.73. The number of rotatable bonds is 3. The SMILES string of the molecule is CCCCc1[nH]cnc1Cl. The first-order chi connectivity index (χ1) is 4.84. The van der Waals surface area contributed by atoms with Crippen molar-refractivity contribution in [2.75, 3.05) is 0 Å². The van der Waals surface area contributed by atoms with Crippen LogP contribution in [0.4, 0.5) is 0 Å². The van der Waals surface area contributed by atoms with E-state index in [1.54, 1.807) is 6.33 Å². The van der Waals surface area contributed by atoms with E-state index < -0.39 is 0 Å². The van der Waals surface area contributed by atoms with E-state index in [0.717, 1.165) is 12.1 Å². The minimum Gasteiger partial charge on any atom is -0.347 e. The minimum absolute atomic E-state index is 0.619. The van der Waals surface area contributed by atoms with Crippen LogP contribution in [0.1, 0.15) is 25.5 Å². The van der Waals surface area contributed by atoms with E-state index in [9.17, 15) is 0 Å². The fourth-order valence-corrected chi connectivity index (χ4v) is 1.03. The number of halogens is 1. The van der Waals surface area contributed by atoms with Gasteiger partial charge in [0.2, 0.25) is 0 Å². The largest absolute Gasteiger partial charge is 0.347 e. The molecule has 56 valence electrons. The lowest BCUT2D eigenvalue weighted by Gasteiger charge is -1.93. The molecule has 0 amide bonds. The Labute approximate surface area is 65.6 Å². The molecule has 0 unspecified atom stereocenters. The first-order valence-corrected chi connectivity index (χ1v) is 3.90. The molecule has 0 aliphatic rings. The monoisotopic (exact) mass is 158 g/mol. The molecule has 0 aliphatic heterocycles. The van der Waals surface area contributed by atoms with Crippen molar-refractivity contribution in [3.63, 3.8) is 0 Å². The third-order valence-electron chi connectivity index (χ3n) is 1.45. The van der Waals surface area contributed by atoms with Crippen molar-refractivity contribution in [2.45, 2.75) is 26.2 Å². The second kappa shape index (κ2) is 3.62. The van der Waals surface area contributed by atoms with E-state index >= 15 is 0 Å². The predicted molar refractivity (Wildman–Crippen MR) is 42.2 cm³/mol. The number of nitrogens with zero attached hydrogens (tertiary/aromatic N) is 1. The molecule has 0 aromatic carbocycles. The van der Waals surface area contributed by atoms with E-state index in [-0.39, 0.29) is 0 Å². The third-order valence-corrected chi connectivity index (χ3v) is 1.77. The highest BCUT2D eigenvalue weighted by Gasteiger charge is 1.99. The number of hydrogen-bond donors (Lipinski definition) is 1. The lowest BCUT2D eigenvalue weighted by molar-refractivity contribution is 0.781. The summed E-state index contributed by atoms with van der Waals surface area (Å²) in [7, 11) is 0. The van der Waals surface area contributed by atoms with Crippen LogP contribution < -0.4 is 0 Å². The molecule has 1 N–H and O–H groups in total. The van der Waals surface area contributed by atoms with Gasteiger partial charge in [-0.1, -0.05) is 24.9 Å². The maximum Gasteiger partial charge on any atom is 0.150 e.